The minimum Gasteiger partial charge on any atom is -0.387 e. The van der Waals surface area contributed by atoms with E-state index in [1.54, 1.807) is 17.5 Å². The maximum Gasteiger partial charge on any atom is 0.117 e. The third-order valence-electron chi connectivity index (χ3n) is 1.91. The molecule has 1 aromatic heterocycles. The normalized spacial score (nSPS) is 15.6. The quantitative estimate of drug-likeness (QED) is 0.604. The zero-order chi connectivity index (χ0) is 10.8. The Kier molecular flexibility index (Phi) is 3.26. The topological polar surface area (TPSA) is 51.3 Å². The maximum atomic E-state index is 5.88. The lowest BCUT2D eigenvalue weighted by Gasteiger charge is -2.18. The van der Waals surface area contributed by atoms with Gasteiger partial charge in [0.15, 0.2) is 0 Å². The van der Waals surface area contributed by atoms with Gasteiger partial charge >= 0.3 is 0 Å². The van der Waals surface area contributed by atoms with E-state index in [0.29, 0.717) is 5.84 Å². The van der Waals surface area contributed by atoms with Gasteiger partial charge in [0.1, 0.15) is 11.0 Å². The number of aliphatic imine (C=N–C) groups is 1. The first-order chi connectivity index (χ1) is 6.41. The van der Waals surface area contributed by atoms with E-state index in [9.17, 15) is 0 Å². The largest absolute Gasteiger partial charge is 0.387 e. The molecule has 3 nitrogen and oxygen atoms in total. The predicted molar refractivity (Wildman–Crippen MR) is 61.6 cm³/mol. The number of nitrogens with zero attached hydrogens (tertiary/aromatic N) is 2. The van der Waals surface area contributed by atoms with Gasteiger partial charge in [0, 0.05) is 17.0 Å². The Morgan fingerprint density at radius 3 is 2.64 bits per heavy atom. The van der Waals surface area contributed by atoms with Crippen molar-refractivity contribution in [3.8, 4) is 0 Å². The molecule has 1 rings (SSSR count). The van der Waals surface area contributed by atoms with Crippen molar-refractivity contribution < 1.29 is 0 Å². The van der Waals surface area contributed by atoms with Crippen LogP contribution < -0.4 is 5.73 Å². The molecule has 0 saturated heterocycles. The first kappa shape index (κ1) is 11.2. The van der Waals surface area contributed by atoms with E-state index >= 15 is 0 Å². The van der Waals surface area contributed by atoms with Gasteiger partial charge in [-0.15, -0.1) is 11.3 Å². The number of rotatable bonds is 2. The van der Waals surface area contributed by atoms with E-state index in [1.807, 2.05) is 12.3 Å². The maximum absolute atomic E-state index is 5.88. The number of hydrogen-bond donors (Lipinski definition) is 1. The van der Waals surface area contributed by atoms with Gasteiger partial charge in [0.2, 0.25) is 0 Å². The summed E-state index contributed by atoms with van der Waals surface area (Å²) in [4.78, 5) is 8.64. The van der Waals surface area contributed by atoms with Crippen molar-refractivity contribution in [2.45, 2.75) is 33.7 Å². The molecule has 0 radical (unpaired) electrons. The molecule has 2 N–H and O–H groups in total. The Bertz CT molecular complexity index is 309. The standard InChI is InChI=1S/C10H17N3S/c1-7(8-12-5-6-14-8)13-9(11)10(2,3)4/h5-7H,1-4H3,(H2,11,13). The van der Waals surface area contributed by atoms with E-state index in [1.165, 1.54) is 0 Å². The fraction of sp³-hybridized carbons (Fsp3) is 0.600. The van der Waals surface area contributed by atoms with Gasteiger partial charge in [-0.05, 0) is 6.92 Å². The summed E-state index contributed by atoms with van der Waals surface area (Å²) in [7, 11) is 0. The summed E-state index contributed by atoms with van der Waals surface area (Å²) < 4.78 is 0. The molecule has 0 aromatic carbocycles. The van der Waals surface area contributed by atoms with Gasteiger partial charge in [0.25, 0.3) is 0 Å². The molecular weight excluding hydrogens is 194 g/mol. The van der Waals surface area contributed by atoms with Crippen LogP contribution in [0.2, 0.25) is 0 Å². The lowest BCUT2D eigenvalue weighted by Crippen LogP contribution is -2.29. The summed E-state index contributed by atoms with van der Waals surface area (Å²) >= 11 is 1.61. The average Bonchev–Trinajstić information content (AvgIpc) is 2.53. The van der Waals surface area contributed by atoms with Crippen molar-refractivity contribution in [2.75, 3.05) is 0 Å². The summed E-state index contributed by atoms with van der Waals surface area (Å²) in [5.41, 5.74) is 5.82. The number of hydrogen-bond acceptors (Lipinski definition) is 3. The van der Waals surface area contributed by atoms with Gasteiger partial charge in [-0.1, -0.05) is 20.8 Å². The summed E-state index contributed by atoms with van der Waals surface area (Å²) in [6.45, 7) is 8.18. The molecule has 0 fully saturated rings. The SMILES string of the molecule is CC(N=C(N)C(C)(C)C)c1nccs1. The Morgan fingerprint density at radius 2 is 2.21 bits per heavy atom. The van der Waals surface area contributed by atoms with Crippen LogP contribution in [0.5, 0.6) is 0 Å². The molecule has 1 heterocycles. The molecule has 0 aliphatic carbocycles. The van der Waals surface area contributed by atoms with Gasteiger partial charge in [0.05, 0.1) is 5.84 Å². The van der Waals surface area contributed by atoms with Crippen LogP contribution in [-0.4, -0.2) is 10.8 Å². The zero-order valence-electron chi connectivity index (χ0n) is 9.11. The first-order valence-electron chi connectivity index (χ1n) is 4.64. The molecule has 0 spiro atoms. The van der Waals surface area contributed by atoms with Gasteiger partial charge in [-0.2, -0.15) is 0 Å². The van der Waals surface area contributed by atoms with Crippen LogP contribution in [-0.2, 0) is 0 Å². The third kappa shape index (κ3) is 2.80. The molecule has 0 saturated carbocycles. The van der Waals surface area contributed by atoms with Crippen LogP contribution >= 0.6 is 11.3 Å². The molecule has 4 heteroatoms. The molecule has 0 amide bonds. The highest BCUT2D eigenvalue weighted by Gasteiger charge is 2.17. The van der Waals surface area contributed by atoms with E-state index in [4.69, 9.17) is 5.73 Å². The second-order valence-corrected chi connectivity index (χ2v) is 5.24. The van der Waals surface area contributed by atoms with Gasteiger partial charge in [-0.3, -0.25) is 4.99 Å². The monoisotopic (exact) mass is 211 g/mol. The summed E-state index contributed by atoms with van der Waals surface area (Å²) in [5, 5.41) is 2.96. The second-order valence-electron chi connectivity index (χ2n) is 4.31. The predicted octanol–water partition coefficient (Wildman–Crippen LogP) is 2.61. The zero-order valence-corrected chi connectivity index (χ0v) is 9.93. The molecule has 0 aliphatic heterocycles. The van der Waals surface area contributed by atoms with Crippen molar-refractivity contribution in [3.63, 3.8) is 0 Å². The highest BCUT2D eigenvalue weighted by molar-refractivity contribution is 7.09. The fourth-order valence-electron chi connectivity index (χ4n) is 0.898. The van der Waals surface area contributed by atoms with E-state index < -0.39 is 0 Å². The van der Waals surface area contributed by atoms with Crippen molar-refractivity contribution in [1.82, 2.24) is 4.98 Å². The van der Waals surface area contributed by atoms with E-state index in [0.717, 1.165) is 5.01 Å². The van der Waals surface area contributed by atoms with E-state index in [2.05, 4.69) is 30.7 Å². The summed E-state index contributed by atoms with van der Waals surface area (Å²) in [6.07, 6.45) is 1.79. The number of nitrogens with two attached hydrogens (primary N) is 1. The van der Waals surface area contributed by atoms with Gasteiger partial charge < -0.3 is 5.73 Å². The Hall–Kier alpha value is -0.900. The molecule has 0 aliphatic rings. The van der Waals surface area contributed by atoms with Crippen LogP contribution in [0, 0.1) is 5.41 Å². The summed E-state index contributed by atoms with van der Waals surface area (Å²) in [5.74, 6) is 0.681. The number of thiazole rings is 1. The lowest BCUT2D eigenvalue weighted by molar-refractivity contribution is 0.575. The Labute approximate surface area is 89.1 Å². The molecular formula is C10H17N3S. The highest BCUT2D eigenvalue weighted by Crippen LogP contribution is 2.21. The second kappa shape index (κ2) is 4.09. The number of amidine groups is 1. The van der Waals surface area contributed by atoms with Crippen molar-refractivity contribution in [3.05, 3.63) is 16.6 Å². The average molecular weight is 211 g/mol. The fourth-order valence-corrected chi connectivity index (χ4v) is 1.53. The van der Waals surface area contributed by atoms with Crippen LogP contribution in [0.1, 0.15) is 38.7 Å². The smallest absolute Gasteiger partial charge is 0.117 e. The van der Waals surface area contributed by atoms with Crippen LogP contribution in [0.4, 0.5) is 0 Å². The van der Waals surface area contributed by atoms with E-state index in [-0.39, 0.29) is 11.5 Å². The third-order valence-corrected chi connectivity index (χ3v) is 2.86. The molecule has 14 heavy (non-hydrogen) atoms. The highest BCUT2D eigenvalue weighted by atomic mass is 32.1. The number of aromatic nitrogens is 1. The summed E-state index contributed by atoms with van der Waals surface area (Å²) in [6, 6.07) is 0.0641. The van der Waals surface area contributed by atoms with Crippen molar-refractivity contribution in [1.29, 1.82) is 0 Å². The van der Waals surface area contributed by atoms with Crippen molar-refractivity contribution >= 4 is 17.2 Å². The Morgan fingerprint density at radius 1 is 1.57 bits per heavy atom. The Balaban J connectivity index is 2.78. The van der Waals surface area contributed by atoms with Crippen LogP contribution in [0.15, 0.2) is 16.6 Å². The molecule has 1 unspecified atom stereocenters. The molecule has 0 bridgehead atoms. The van der Waals surface area contributed by atoms with Crippen LogP contribution in [0.25, 0.3) is 0 Å². The molecule has 1 atom stereocenters. The van der Waals surface area contributed by atoms with Gasteiger partial charge in [-0.25, -0.2) is 4.98 Å². The first-order valence-corrected chi connectivity index (χ1v) is 5.52. The molecule has 1 aromatic rings. The lowest BCUT2D eigenvalue weighted by atomic mass is 9.95. The minimum atomic E-state index is -0.0640. The molecule has 78 valence electrons. The minimum absolute atomic E-state index is 0.0640. The van der Waals surface area contributed by atoms with Crippen LogP contribution in [0.3, 0.4) is 0 Å². The van der Waals surface area contributed by atoms with Crippen molar-refractivity contribution in [2.24, 2.45) is 16.1 Å².